The normalized spacial score (nSPS) is 12.7. The maximum atomic E-state index is 11.4. The Morgan fingerprint density at radius 1 is 0.857 bits per heavy atom. The van der Waals surface area contributed by atoms with E-state index in [2.05, 4.69) is 5.32 Å². The summed E-state index contributed by atoms with van der Waals surface area (Å²) in [5, 5.41) is 20.3. The lowest BCUT2D eigenvalue weighted by Crippen LogP contribution is -2.34. The average Bonchev–Trinajstić information content (AvgIpc) is 2.59. The fourth-order valence-electron chi connectivity index (χ4n) is 1.78. The van der Waals surface area contributed by atoms with Gasteiger partial charge in [-0.25, -0.2) is 4.79 Å². The van der Waals surface area contributed by atoms with Gasteiger partial charge in [0.1, 0.15) is 5.60 Å². The minimum atomic E-state index is -1.40. The van der Waals surface area contributed by atoms with E-state index in [-0.39, 0.29) is 18.9 Å². The van der Waals surface area contributed by atoms with Crippen LogP contribution in [0.15, 0.2) is 0 Å². The highest BCUT2D eigenvalue weighted by atomic mass is 16.6. The van der Waals surface area contributed by atoms with Crippen molar-refractivity contribution in [1.29, 1.82) is 0 Å². The van der Waals surface area contributed by atoms with Crippen molar-refractivity contribution in [2.45, 2.75) is 38.9 Å². The minimum absolute atomic E-state index is 0.0166. The van der Waals surface area contributed by atoms with Crippen LogP contribution in [0, 0.1) is 0 Å². The lowest BCUT2D eigenvalue weighted by Gasteiger charge is -2.19. The molecule has 0 aromatic rings. The second-order valence-corrected chi connectivity index (χ2v) is 6.84. The molecule has 3 N–H and O–H groups in total. The molecule has 28 heavy (non-hydrogen) atoms. The van der Waals surface area contributed by atoms with Crippen molar-refractivity contribution >= 4 is 11.9 Å². The van der Waals surface area contributed by atoms with E-state index in [0.29, 0.717) is 59.4 Å². The van der Waals surface area contributed by atoms with Crippen LogP contribution in [-0.4, -0.2) is 99.8 Å². The minimum Gasteiger partial charge on any atom is -0.479 e. The van der Waals surface area contributed by atoms with Crippen LogP contribution >= 0.6 is 0 Å². The summed E-state index contributed by atoms with van der Waals surface area (Å²) in [5.41, 5.74) is -0.479. The highest BCUT2D eigenvalue weighted by molar-refractivity contribution is 5.72. The quantitative estimate of drug-likeness (QED) is 0.207. The molecule has 0 heterocycles. The lowest BCUT2D eigenvalue weighted by atomic mass is 10.2. The fourth-order valence-corrected chi connectivity index (χ4v) is 1.78. The third-order valence-corrected chi connectivity index (χ3v) is 3.03. The predicted molar refractivity (Wildman–Crippen MR) is 100 cm³/mol. The van der Waals surface area contributed by atoms with Crippen molar-refractivity contribution in [3.8, 4) is 0 Å². The van der Waals surface area contributed by atoms with Crippen molar-refractivity contribution in [2.75, 3.05) is 65.9 Å². The fraction of sp³-hybridized carbons (Fsp3) is 0.889. The first-order chi connectivity index (χ1) is 13.2. The van der Waals surface area contributed by atoms with E-state index in [0.717, 1.165) is 0 Å². The number of carbonyl (C=O) groups is 2. The van der Waals surface area contributed by atoms with Gasteiger partial charge in [-0.2, -0.15) is 0 Å². The Morgan fingerprint density at radius 2 is 1.32 bits per heavy atom. The molecule has 1 atom stereocenters. The van der Waals surface area contributed by atoms with E-state index in [9.17, 15) is 9.59 Å². The zero-order chi connectivity index (χ0) is 21.3. The summed E-state index contributed by atoms with van der Waals surface area (Å²) in [6.07, 6.45) is -1.19. The Balaban J connectivity index is 3.20. The lowest BCUT2D eigenvalue weighted by molar-refractivity contribution is -0.156. The van der Waals surface area contributed by atoms with Gasteiger partial charge in [-0.1, -0.05) is 0 Å². The van der Waals surface area contributed by atoms with Crippen LogP contribution < -0.4 is 5.32 Å². The van der Waals surface area contributed by atoms with Gasteiger partial charge in [-0.3, -0.25) is 4.79 Å². The molecule has 166 valence electrons. The molecule has 0 saturated heterocycles. The molecular weight excluding hydrogens is 374 g/mol. The van der Waals surface area contributed by atoms with Gasteiger partial charge in [-0.05, 0) is 20.8 Å². The number of esters is 1. The number of aliphatic hydroxyl groups excluding tert-OH is 1. The summed E-state index contributed by atoms with van der Waals surface area (Å²) in [5.74, 6) is -1.53. The number of carboxylic acids is 1. The molecule has 0 aromatic carbocycles. The molecule has 0 saturated carbocycles. The van der Waals surface area contributed by atoms with Gasteiger partial charge in [0.05, 0.1) is 59.3 Å². The molecule has 10 heteroatoms. The summed E-state index contributed by atoms with van der Waals surface area (Å²) < 4.78 is 26.4. The molecule has 0 aliphatic carbocycles. The Bertz CT molecular complexity index is 412. The number of aliphatic hydroxyl groups is 1. The van der Waals surface area contributed by atoms with Crippen LogP contribution in [-0.2, 0) is 33.3 Å². The zero-order valence-electron chi connectivity index (χ0n) is 17.1. The van der Waals surface area contributed by atoms with E-state index in [1.54, 1.807) is 0 Å². The summed E-state index contributed by atoms with van der Waals surface area (Å²) in [6.45, 7) is 9.12. The number of carbonyl (C=O) groups excluding carboxylic acids is 1. The Morgan fingerprint density at radius 3 is 1.79 bits per heavy atom. The van der Waals surface area contributed by atoms with Crippen LogP contribution in [0.4, 0.5) is 0 Å². The molecule has 0 aliphatic rings. The van der Waals surface area contributed by atoms with Crippen LogP contribution in [0.1, 0.15) is 27.2 Å². The molecule has 0 amide bonds. The predicted octanol–water partition coefficient (Wildman–Crippen LogP) is -0.180. The van der Waals surface area contributed by atoms with Gasteiger partial charge < -0.3 is 39.2 Å². The monoisotopic (exact) mass is 409 g/mol. The van der Waals surface area contributed by atoms with E-state index in [1.165, 1.54) is 0 Å². The molecule has 0 aliphatic heterocycles. The maximum absolute atomic E-state index is 11.4. The Hall–Kier alpha value is -1.30. The topological polar surface area (TPSA) is 133 Å². The largest absolute Gasteiger partial charge is 0.479 e. The molecular formula is C18H35NO9. The second-order valence-electron chi connectivity index (χ2n) is 6.84. The number of nitrogens with one attached hydrogen (secondary N) is 1. The van der Waals surface area contributed by atoms with Gasteiger partial charge in [0.2, 0.25) is 0 Å². The molecule has 0 radical (unpaired) electrons. The van der Waals surface area contributed by atoms with Crippen LogP contribution in [0.5, 0.6) is 0 Å². The molecule has 0 spiro atoms. The van der Waals surface area contributed by atoms with Crippen LogP contribution in [0.2, 0.25) is 0 Å². The maximum Gasteiger partial charge on any atom is 0.333 e. The van der Waals surface area contributed by atoms with E-state index in [1.807, 2.05) is 20.8 Å². The van der Waals surface area contributed by atoms with E-state index >= 15 is 0 Å². The van der Waals surface area contributed by atoms with Gasteiger partial charge in [-0.15, -0.1) is 0 Å². The Kier molecular flexibility index (Phi) is 15.9. The zero-order valence-corrected chi connectivity index (χ0v) is 17.1. The van der Waals surface area contributed by atoms with Crippen molar-refractivity contribution in [3.63, 3.8) is 0 Å². The first kappa shape index (κ1) is 26.7. The molecule has 10 nitrogen and oxygen atoms in total. The Labute approximate surface area is 166 Å². The highest BCUT2D eigenvalue weighted by Gasteiger charge is 2.15. The third kappa shape index (κ3) is 19.5. The SMILES string of the molecule is CC(C)(C)OC(=O)CCOCCOCCOCCOCCNCC(O)C(=O)O. The molecule has 0 rings (SSSR count). The second kappa shape index (κ2) is 16.6. The summed E-state index contributed by atoms with van der Waals surface area (Å²) >= 11 is 0. The van der Waals surface area contributed by atoms with E-state index < -0.39 is 17.7 Å². The number of ether oxygens (including phenoxy) is 5. The average molecular weight is 409 g/mol. The van der Waals surface area contributed by atoms with Gasteiger partial charge >= 0.3 is 11.9 Å². The molecule has 0 fully saturated rings. The van der Waals surface area contributed by atoms with Crippen molar-refractivity contribution in [1.82, 2.24) is 5.32 Å². The van der Waals surface area contributed by atoms with Crippen LogP contribution in [0.3, 0.4) is 0 Å². The smallest absolute Gasteiger partial charge is 0.333 e. The van der Waals surface area contributed by atoms with Gasteiger partial charge in [0.15, 0.2) is 6.10 Å². The highest BCUT2D eigenvalue weighted by Crippen LogP contribution is 2.07. The standard InChI is InChI=1S/C18H35NO9/c1-18(2,3)28-16(21)4-6-24-8-10-26-12-13-27-11-9-25-7-5-19-14-15(20)17(22)23/h15,19-20H,4-14H2,1-3H3,(H,22,23). The number of aliphatic carboxylic acids is 1. The number of rotatable bonds is 18. The first-order valence-electron chi connectivity index (χ1n) is 9.37. The number of hydrogen-bond acceptors (Lipinski definition) is 9. The van der Waals surface area contributed by atoms with Crippen LogP contribution in [0.25, 0.3) is 0 Å². The number of carboxylic acid groups (broad SMARTS) is 1. The number of hydrogen-bond donors (Lipinski definition) is 3. The summed E-state index contributed by atoms with van der Waals surface area (Å²) in [6, 6.07) is 0. The molecule has 1 unspecified atom stereocenters. The first-order valence-corrected chi connectivity index (χ1v) is 9.37. The third-order valence-electron chi connectivity index (χ3n) is 3.03. The molecule has 0 bridgehead atoms. The molecule has 0 aromatic heterocycles. The van der Waals surface area contributed by atoms with Crippen molar-refractivity contribution in [3.05, 3.63) is 0 Å². The van der Waals surface area contributed by atoms with Crippen molar-refractivity contribution < 1.29 is 43.5 Å². The van der Waals surface area contributed by atoms with E-state index in [4.69, 9.17) is 33.9 Å². The van der Waals surface area contributed by atoms with Gasteiger partial charge in [0.25, 0.3) is 0 Å². The summed E-state index contributed by atoms with van der Waals surface area (Å²) in [7, 11) is 0. The summed E-state index contributed by atoms with van der Waals surface area (Å²) in [4.78, 5) is 21.8. The van der Waals surface area contributed by atoms with Gasteiger partial charge in [0, 0.05) is 13.1 Å². The van der Waals surface area contributed by atoms with Crippen molar-refractivity contribution in [2.24, 2.45) is 0 Å².